The van der Waals surface area contributed by atoms with Crippen molar-refractivity contribution in [3.8, 4) is 6.07 Å². The highest BCUT2D eigenvalue weighted by atomic mass is 19.3. The summed E-state index contributed by atoms with van der Waals surface area (Å²) in [6, 6.07) is 3.56. The number of rotatable bonds is 5. The first kappa shape index (κ1) is 14.3. The van der Waals surface area contributed by atoms with E-state index in [-0.39, 0.29) is 18.7 Å². The maximum Gasteiger partial charge on any atom is 0.255 e. The highest BCUT2D eigenvalue weighted by molar-refractivity contribution is 5.61. The molecular weight excluding hydrogens is 240 g/mol. The minimum Gasteiger partial charge on any atom is -0.395 e. The Morgan fingerprint density at radius 2 is 2.17 bits per heavy atom. The van der Waals surface area contributed by atoms with Gasteiger partial charge in [0.15, 0.2) is 0 Å². The quantitative estimate of drug-likeness (QED) is 0.868. The molecule has 1 heterocycles. The third kappa shape index (κ3) is 3.37. The van der Waals surface area contributed by atoms with Crippen molar-refractivity contribution in [2.75, 3.05) is 24.6 Å². The molecule has 0 unspecified atom stereocenters. The lowest BCUT2D eigenvalue weighted by Crippen LogP contribution is -2.32. The van der Waals surface area contributed by atoms with Gasteiger partial charge in [-0.3, -0.25) is 4.98 Å². The van der Waals surface area contributed by atoms with Gasteiger partial charge in [0.2, 0.25) is 0 Å². The van der Waals surface area contributed by atoms with Gasteiger partial charge in [0.1, 0.15) is 6.07 Å². The van der Waals surface area contributed by atoms with Crippen LogP contribution in [0.15, 0.2) is 6.07 Å². The summed E-state index contributed by atoms with van der Waals surface area (Å²) >= 11 is 0. The molecule has 1 rings (SSSR count). The number of pyridine rings is 1. The number of halogens is 2. The van der Waals surface area contributed by atoms with E-state index in [4.69, 9.17) is 10.4 Å². The molecule has 0 aliphatic heterocycles. The third-order valence-corrected chi connectivity index (χ3v) is 2.49. The fourth-order valence-corrected chi connectivity index (χ4v) is 1.79. The molecule has 0 bridgehead atoms. The van der Waals surface area contributed by atoms with Gasteiger partial charge in [-0.15, -0.1) is 0 Å². The molecule has 0 saturated carbocycles. The van der Waals surface area contributed by atoms with Crippen molar-refractivity contribution in [3.05, 3.63) is 23.0 Å². The second-order valence-electron chi connectivity index (χ2n) is 3.92. The number of aliphatic hydroxyl groups is 1. The Hall–Kier alpha value is -1.74. The monoisotopic (exact) mass is 255 g/mol. The van der Waals surface area contributed by atoms with E-state index in [0.29, 0.717) is 17.1 Å². The summed E-state index contributed by atoms with van der Waals surface area (Å²) in [5.74, 6) is 0. The van der Waals surface area contributed by atoms with Crippen molar-refractivity contribution in [2.45, 2.75) is 20.3 Å². The molecule has 0 amide bonds. The van der Waals surface area contributed by atoms with Gasteiger partial charge in [0, 0.05) is 12.2 Å². The summed E-state index contributed by atoms with van der Waals surface area (Å²) in [5.41, 5.74) is 1.83. The number of hydrogen-bond donors (Lipinski definition) is 1. The predicted molar refractivity (Wildman–Crippen MR) is 63.7 cm³/mol. The standard InChI is InChI=1S/C12H15F2N3O/c1-8-5-11(10(6-15)9(2)16-8)17(3-4-18)7-12(13)14/h5,12,18H,3-4,7H2,1-2H3. The summed E-state index contributed by atoms with van der Waals surface area (Å²) in [4.78, 5) is 5.44. The Bertz CT molecular complexity index is 457. The van der Waals surface area contributed by atoms with Crippen LogP contribution in [0.3, 0.4) is 0 Å². The van der Waals surface area contributed by atoms with Gasteiger partial charge in [-0.25, -0.2) is 8.78 Å². The number of nitriles is 1. The Morgan fingerprint density at radius 3 is 2.67 bits per heavy atom. The van der Waals surface area contributed by atoms with E-state index in [2.05, 4.69) is 4.98 Å². The van der Waals surface area contributed by atoms with Crippen molar-refractivity contribution in [1.82, 2.24) is 4.98 Å². The number of anilines is 1. The molecule has 1 aromatic rings. The van der Waals surface area contributed by atoms with Gasteiger partial charge in [-0.05, 0) is 19.9 Å². The van der Waals surface area contributed by atoms with Crippen molar-refractivity contribution in [1.29, 1.82) is 5.26 Å². The number of aliphatic hydroxyl groups excluding tert-OH is 1. The van der Waals surface area contributed by atoms with Crippen LogP contribution in [-0.4, -0.2) is 36.2 Å². The fourth-order valence-electron chi connectivity index (χ4n) is 1.79. The molecule has 0 spiro atoms. The van der Waals surface area contributed by atoms with E-state index in [1.165, 1.54) is 4.90 Å². The number of alkyl halides is 2. The number of aromatic nitrogens is 1. The van der Waals surface area contributed by atoms with E-state index in [9.17, 15) is 8.78 Å². The first-order valence-electron chi connectivity index (χ1n) is 5.52. The lowest BCUT2D eigenvalue weighted by Gasteiger charge is -2.25. The van der Waals surface area contributed by atoms with Crippen molar-refractivity contribution < 1.29 is 13.9 Å². The van der Waals surface area contributed by atoms with Crippen LogP contribution in [0.2, 0.25) is 0 Å². The molecule has 1 aromatic heterocycles. The van der Waals surface area contributed by atoms with Crippen LogP contribution in [0, 0.1) is 25.2 Å². The van der Waals surface area contributed by atoms with Crippen LogP contribution in [0.25, 0.3) is 0 Å². The average molecular weight is 255 g/mol. The molecule has 0 atom stereocenters. The van der Waals surface area contributed by atoms with Crippen LogP contribution in [0.5, 0.6) is 0 Å². The third-order valence-electron chi connectivity index (χ3n) is 2.49. The smallest absolute Gasteiger partial charge is 0.255 e. The second kappa shape index (κ2) is 6.26. The maximum absolute atomic E-state index is 12.5. The zero-order chi connectivity index (χ0) is 13.7. The van der Waals surface area contributed by atoms with Gasteiger partial charge in [-0.2, -0.15) is 5.26 Å². The highest BCUT2D eigenvalue weighted by Crippen LogP contribution is 2.23. The fraction of sp³-hybridized carbons (Fsp3) is 0.500. The average Bonchev–Trinajstić information content (AvgIpc) is 2.27. The largest absolute Gasteiger partial charge is 0.395 e. The molecular formula is C12H15F2N3O. The number of nitrogens with zero attached hydrogens (tertiary/aromatic N) is 3. The molecule has 0 radical (unpaired) electrons. The lowest BCUT2D eigenvalue weighted by molar-refractivity contribution is 0.153. The Morgan fingerprint density at radius 1 is 1.50 bits per heavy atom. The van der Waals surface area contributed by atoms with Crippen LogP contribution in [-0.2, 0) is 0 Å². The Labute approximate surface area is 104 Å². The normalized spacial score (nSPS) is 10.5. The summed E-state index contributed by atoms with van der Waals surface area (Å²) in [6.07, 6.45) is -2.53. The van der Waals surface area contributed by atoms with Crippen molar-refractivity contribution in [2.24, 2.45) is 0 Å². The minimum absolute atomic E-state index is 0.0575. The Kier molecular flexibility index (Phi) is 4.98. The molecule has 4 nitrogen and oxygen atoms in total. The van der Waals surface area contributed by atoms with Crippen LogP contribution < -0.4 is 4.90 Å². The second-order valence-corrected chi connectivity index (χ2v) is 3.92. The van der Waals surface area contributed by atoms with Gasteiger partial charge < -0.3 is 10.0 Å². The zero-order valence-electron chi connectivity index (χ0n) is 10.3. The van der Waals surface area contributed by atoms with E-state index in [1.54, 1.807) is 19.9 Å². The first-order valence-corrected chi connectivity index (χ1v) is 5.52. The molecule has 0 aliphatic carbocycles. The van der Waals surface area contributed by atoms with Crippen LogP contribution in [0.4, 0.5) is 14.5 Å². The van der Waals surface area contributed by atoms with E-state index < -0.39 is 13.0 Å². The summed E-state index contributed by atoms with van der Waals surface area (Å²) in [6.45, 7) is 2.68. The maximum atomic E-state index is 12.5. The van der Waals surface area contributed by atoms with E-state index >= 15 is 0 Å². The number of hydrogen-bond acceptors (Lipinski definition) is 4. The van der Waals surface area contributed by atoms with Crippen LogP contribution in [0.1, 0.15) is 17.0 Å². The van der Waals surface area contributed by atoms with Crippen LogP contribution >= 0.6 is 0 Å². The molecule has 0 saturated heterocycles. The summed E-state index contributed by atoms with van der Waals surface area (Å²) < 4.78 is 25.0. The van der Waals surface area contributed by atoms with E-state index in [1.807, 2.05) is 6.07 Å². The lowest BCUT2D eigenvalue weighted by atomic mass is 10.1. The zero-order valence-corrected chi connectivity index (χ0v) is 10.3. The van der Waals surface area contributed by atoms with Gasteiger partial charge in [0.25, 0.3) is 6.43 Å². The van der Waals surface area contributed by atoms with Crippen molar-refractivity contribution in [3.63, 3.8) is 0 Å². The first-order chi connectivity index (χ1) is 8.49. The summed E-state index contributed by atoms with van der Waals surface area (Å²) in [5, 5.41) is 18.0. The topological polar surface area (TPSA) is 60.1 Å². The minimum atomic E-state index is -2.53. The number of aryl methyl sites for hydroxylation is 2. The van der Waals surface area contributed by atoms with Gasteiger partial charge in [0.05, 0.1) is 30.1 Å². The molecule has 6 heteroatoms. The summed E-state index contributed by atoms with van der Waals surface area (Å²) in [7, 11) is 0. The van der Waals surface area contributed by atoms with E-state index in [0.717, 1.165) is 0 Å². The molecule has 98 valence electrons. The Balaban J connectivity index is 3.22. The predicted octanol–water partition coefficient (Wildman–Crippen LogP) is 1.63. The molecule has 0 fully saturated rings. The van der Waals surface area contributed by atoms with Gasteiger partial charge in [-0.1, -0.05) is 0 Å². The highest BCUT2D eigenvalue weighted by Gasteiger charge is 2.18. The van der Waals surface area contributed by atoms with Crippen molar-refractivity contribution >= 4 is 5.69 Å². The SMILES string of the molecule is Cc1cc(N(CCO)CC(F)F)c(C#N)c(C)n1. The van der Waals surface area contributed by atoms with Gasteiger partial charge >= 0.3 is 0 Å². The molecule has 0 aromatic carbocycles. The molecule has 1 N–H and O–H groups in total. The molecule has 18 heavy (non-hydrogen) atoms. The molecule has 0 aliphatic rings.